The maximum Gasteiger partial charge on any atom is 0.419 e. The number of ether oxygens (including phenoxy) is 1. The molecule has 0 saturated carbocycles. The first-order chi connectivity index (χ1) is 9.93. The van der Waals surface area contributed by atoms with Crippen molar-refractivity contribution in [2.24, 2.45) is 5.92 Å². The first-order valence-corrected chi connectivity index (χ1v) is 7.11. The van der Waals surface area contributed by atoms with Crippen molar-refractivity contribution in [2.75, 3.05) is 19.8 Å². The van der Waals surface area contributed by atoms with Crippen molar-refractivity contribution < 1.29 is 22.3 Å². The van der Waals surface area contributed by atoms with Crippen LogP contribution in [-0.4, -0.2) is 19.8 Å². The van der Waals surface area contributed by atoms with Crippen LogP contribution in [0.4, 0.5) is 17.6 Å². The highest BCUT2D eigenvalue weighted by Gasteiger charge is 2.35. The number of alkyl halides is 3. The minimum Gasteiger partial charge on any atom is -0.381 e. The lowest BCUT2D eigenvalue weighted by atomic mass is 9.91. The van der Waals surface area contributed by atoms with Crippen LogP contribution in [0.25, 0.3) is 0 Å². The van der Waals surface area contributed by atoms with Gasteiger partial charge in [-0.15, -0.1) is 0 Å². The molecule has 2 rings (SSSR count). The molecule has 1 heterocycles. The van der Waals surface area contributed by atoms with Crippen LogP contribution >= 0.6 is 0 Å². The molecule has 1 saturated heterocycles. The molecule has 1 aliphatic rings. The SMILES string of the molecule is CCCNC(c1ccc(F)c(C(F)(F)F)c1)C1CCOC1. The molecular formula is C15H19F4NO. The van der Waals surface area contributed by atoms with Crippen molar-refractivity contribution in [3.05, 3.63) is 35.1 Å². The van der Waals surface area contributed by atoms with E-state index in [0.717, 1.165) is 25.0 Å². The van der Waals surface area contributed by atoms with Gasteiger partial charge < -0.3 is 10.1 Å². The van der Waals surface area contributed by atoms with Crippen molar-refractivity contribution >= 4 is 0 Å². The Morgan fingerprint density at radius 3 is 2.71 bits per heavy atom. The molecule has 118 valence electrons. The summed E-state index contributed by atoms with van der Waals surface area (Å²) >= 11 is 0. The van der Waals surface area contributed by atoms with Gasteiger partial charge in [0.25, 0.3) is 0 Å². The average molecular weight is 305 g/mol. The Kier molecular flexibility index (Phi) is 5.22. The summed E-state index contributed by atoms with van der Waals surface area (Å²) in [6, 6.07) is 3.00. The van der Waals surface area contributed by atoms with E-state index < -0.39 is 17.6 Å². The summed E-state index contributed by atoms with van der Waals surface area (Å²) < 4.78 is 57.2. The van der Waals surface area contributed by atoms with Crippen LogP contribution in [0.1, 0.15) is 36.9 Å². The molecule has 1 aliphatic heterocycles. The summed E-state index contributed by atoms with van der Waals surface area (Å²) in [7, 11) is 0. The second-order valence-corrected chi connectivity index (χ2v) is 5.29. The first-order valence-electron chi connectivity index (χ1n) is 7.11. The molecule has 6 heteroatoms. The van der Waals surface area contributed by atoms with Gasteiger partial charge in [0, 0.05) is 18.6 Å². The average Bonchev–Trinajstić information content (AvgIpc) is 2.93. The third-order valence-electron chi connectivity index (χ3n) is 3.71. The van der Waals surface area contributed by atoms with E-state index >= 15 is 0 Å². The fraction of sp³-hybridized carbons (Fsp3) is 0.600. The van der Waals surface area contributed by atoms with Crippen molar-refractivity contribution in [2.45, 2.75) is 32.0 Å². The van der Waals surface area contributed by atoms with Gasteiger partial charge in [0.15, 0.2) is 0 Å². The number of rotatable bonds is 5. The number of hydrogen-bond acceptors (Lipinski definition) is 2. The number of halogens is 4. The van der Waals surface area contributed by atoms with Gasteiger partial charge >= 0.3 is 6.18 Å². The van der Waals surface area contributed by atoms with E-state index in [0.29, 0.717) is 25.3 Å². The van der Waals surface area contributed by atoms with Gasteiger partial charge in [-0.25, -0.2) is 4.39 Å². The molecule has 21 heavy (non-hydrogen) atoms. The molecule has 2 nitrogen and oxygen atoms in total. The van der Waals surface area contributed by atoms with Crippen molar-refractivity contribution in [1.29, 1.82) is 0 Å². The van der Waals surface area contributed by atoms with Crippen molar-refractivity contribution in [3.8, 4) is 0 Å². The summed E-state index contributed by atoms with van der Waals surface area (Å²) in [4.78, 5) is 0. The first kappa shape index (κ1) is 16.2. The van der Waals surface area contributed by atoms with Crippen molar-refractivity contribution in [3.63, 3.8) is 0 Å². The van der Waals surface area contributed by atoms with Crippen molar-refractivity contribution in [1.82, 2.24) is 5.32 Å². The van der Waals surface area contributed by atoms with Crippen LogP contribution in [0.5, 0.6) is 0 Å². The van der Waals surface area contributed by atoms with Gasteiger partial charge in [0.2, 0.25) is 0 Å². The molecule has 1 fully saturated rings. The lowest BCUT2D eigenvalue weighted by Crippen LogP contribution is -2.29. The van der Waals surface area contributed by atoms with Gasteiger partial charge in [0.05, 0.1) is 12.2 Å². The maximum absolute atomic E-state index is 13.4. The maximum atomic E-state index is 13.4. The fourth-order valence-corrected chi connectivity index (χ4v) is 2.63. The smallest absolute Gasteiger partial charge is 0.381 e. The van der Waals surface area contributed by atoms with E-state index in [1.165, 1.54) is 6.07 Å². The lowest BCUT2D eigenvalue weighted by molar-refractivity contribution is -0.140. The molecule has 2 atom stereocenters. The van der Waals surface area contributed by atoms with Crippen LogP contribution in [0, 0.1) is 11.7 Å². The summed E-state index contributed by atoms with van der Waals surface area (Å²) in [5.41, 5.74) is -0.741. The van der Waals surface area contributed by atoms with Gasteiger partial charge in [0.1, 0.15) is 5.82 Å². The highest BCUT2D eigenvalue weighted by molar-refractivity contribution is 5.30. The molecular weight excluding hydrogens is 286 g/mol. The quantitative estimate of drug-likeness (QED) is 0.833. The molecule has 0 bridgehead atoms. The summed E-state index contributed by atoms with van der Waals surface area (Å²) in [6.07, 6.45) is -3.01. The molecule has 1 aromatic rings. The highest BCUT2D eigenvalue weighted by Crippen LogP contribution is 2.35. The van der Waals surface area contributed by atoms with Crippen LogP contribution in [0.15, 0.2) is 18.2 Å². The predicted octanol–water partition coefficient (Wildman–Crippen LogP) is 3.92. The number of benzene rings is 1. The van der Waals surface area contributed by atoms with Crippen LogP contribution in [-0.2, 0) is 10.9 Å². The summed E-state index contributed by atoms with van der Waals surface area (Å²) in [6.45, 7) is 3.81. The van der Waals surface area contributed by atoms with E-state index in [2.05, 4.69) is 5.32 Å². The van der Waals surface area contributed by atoms with Gasteiger partial charge in [-0.1, -0.05) is 13.0 Å². The van der Waals surface area contributed by atoms with E-state index in [-0.39, 0.29) is 12.0 Å². The summed E-state index contributed by atoms with van der Waals surface area (Å²) in [5, 5.41) is 3.26. The van der Waals surface area contributed by atoms with Gasteiger partial charge in [-0.2, -0.15) is 13.2 Å². The highest BCUT2D eigenvalue weighted by atomic mass is 19.4. The van der Waals surface area contributed by atoms with Crippen LogP contribution in [0.3, 0.4) is 0 Å². The summed E-state index contributed by atoms with van der Waals surface area (Å²) in [5.74, 6) is -1.12. The number of hydrogen-bond donors (Lipinski definition) is 1. The molecule has 2 unspecified atom stereocenters. The molecule has 0 spiro atoms. The Hall–Kier alpha value is -1.14. The van der Waals surface area contributed by atoms with Gasteiger partial charge in [-0.05, 0) is 37.1 Å². The van der Waals surface area contributed by atoms with E-state index in [1.807, 2.05) is 6.92 Å². The van der Waals surface area contributed by atoms with Gasteiger partial charge in [-0.3, -0.25) is 0 Å². The third kappa shape index (κ3) is 3.95. The van der Waals surface area contributed by atoms with Crippen LogP contribution < -0.4 is 5.32 Å². The Morgan fingerprint density at radius 2 is 2.14 bits per heavy atom. The van der Waals surface area contributed by atoms with E-state index in [4.69, 9.17) is 4.74 Å². The second kappa shape index (κ2) is 6.75. The number of nitrogens with one attached hydrogen (secondary N) is 1. The Balaban J connectivity index is 2.30. The fourth-order valence-electron chi connectivity index (χ4n) is 2.63. The zero-order chi connectivity index (χ0) is 15.5. The molecule has 0 aliphatic carbocycles. The minimum atomic E-state index is -4.68. The van der Waals surface area contributed by atoms with Crippen LogP contribution in [0.2, 0.25) is 0 Å². The lowest BCUT2D eigenvalue weighted by Gasteiger charge is -2.25. The normalized spacial score (nSPS) is 20.7. The zero-order valence-corrected chi connectivity index (χ0v) is 11.8. The second-order valence-electron chi connectivity index (χ2n) is 5.29. The standard InChI is InChI=1S/C15H19F4NO/c1-2-6-20-14(11-5-7-21-9-11)10-3-4-13(16)12(8-10)15(17,18)19/h3-4,8,11,14,20H,2,5-7,9H2,1H3. The zero-order valence-electron chi connectivity index (χ0n) is 11.8. The largest absolute Gasteiger partial charge is 0.419 e. The minimum absolute atomic E-state index is 0.114. The Morgan fingerprint density at radius 1 is 1.38 bits per heavy atom. The predicted molar refractivity (Wildman–Crippen MR) is 71.4 cm³/mol. The molecule has 1 N–H and O–H groups in total. The molecule has 0 radical (unpaired) electrons. The van der Waals surface area contributed by atoms with E-state index in [9.17, 15) is 17.6 Å². The van der Waals surface area contributed by atoms with E-state index in [1.54, 1.807) is 0 Å². The third-order valence-corrected chi connectivity index (χ3v) is 3.71. The Labute approximate surface area is 121 Å². The monoisotopic (exact) mass is 305 g/mol. The molecule has 1 aromatic carbocycles. The molecule has 0 aromatic heterocycles. The molecule has 0 amide bonds. The topological polar surface area (TPSA) is 21.3 Å². The Bertz CT molecular complexity index is 469.